The SMILES string of the molecule is CCOC(=O)c1c(I)nn2c1C(=O)N(C(=O)CC(C)(C)C)CC2. The van der Waals surface area contributed by atoms with Crippen molar-refractivity contribution in [3.63, 3.8) is 0 Å². The van der Waals surface area contributed by atoms with Gasteiger partial charge in [0.05, 0.1) is 13.2 Å². The minimum Gasteiger partial charge on any atom is -0.462 e. The third-order valence-corrected chi connectivity index (χ3v) is 4.11. The Morgan fingerprint density at radius 1 is 1.30 bits per heavy atom. The molecular formula is C15H20IN3O4. The summed E-state index contributed by atoms with van der Waals surface area (Å²) in [6.45, 7) is 8.37. The van der Waals surface area contributed by atoms with Crippen molar-refractivity contribution in [3.8, 4) is 0 Å². The van der Waals surface area contributed by atoms with Gasteiger partial charge < -0.3 is 4.74 Å². The summed E-state index contributed by atoms with van der Waals surface area (Å²) < 4.78 is 6.90. The van der Waals surface area contributed by atoms with Crippen molar-refractivity contribution in [2.24, 2.45) is 5.41 Å². The first-order valence-electron chi connectivity index (χ1n) is 7.44. The van der Waals surface area contributed by atoms with Gasteiger partial charge in [0.1, 0.15) is 15.0 Å². The van der Waals surface area contributed by atoms with Crippen LogP contribution in [0.3, 0.4) is 0 Å². The average molecular weight is 433 g/mol. The second kappa shape index (κ2) is 6.58. The Balaban J connectivity index is 2.35. The monoisotopic (exact) mass is 433 g/mol. The summed E-state index contributed by atoms with van der Waals surface area (Å²) in [5.74, 6) is -1.31. The second-order valence-electron chi connectivity index (χ2n) is 6.55. The van der Waals surface area contributed by atoms with Crippen LogP contribution in [-0.4, -0.2) is 45.6 Å². The van der Waals surface area contributed by atoms with Gasteiger partial charge in [-0.05, 0) is 34.9 Å². The van der Waals surface area contributed by atoms with Crippen LogP contribution in [0.15, 0.2) is 0 Å². The predicted molar refractivity (Wildman–Crippen MR) is 91.0 cm³/mol. The van der Waals surface area contributed by atoms with E-state index in [9.17, 15) is 14.4 Å². The number of hydrogen-bond donors (Lipinski definition) is 0. The summed E-state index contributed by atoms with van der Waals surface area (Å²) >= 11 is 1.90. The zero-order chi connectivity index (χ0) is 17.4. The summed E-state index contributed by atoms with van der Waals surface area (Å²) in [6, 6.07) is 0. The summed E-state index contributed by atoms with van der Waals surface area (Å²) in [7, 11) is 0. The molecule has 0 fully saturated rings. The van der Waals surface area contributed by atoms with Crippen LogP contribution in [0.4, 0.5) is 0 Å². The molecule has 0 atom stereocenters. The quantitative estimate of drug-likeness (QED) is 0.539. The van der Waals surface area contributed by atoms with Crippen molar-refractivity contribution in [3.05, 3.63) is 15.0 Å². The third-order valence-electron chi connectivity index (χ3n) is 3.36. The van der Waals surface area contributed by atoms with Crippen LogP contribution in [0.25, 0.3) is 0 Å². The fourth-order valence-corrected chi connectivity index (χ4v) is 3.14. The van der Waals surface area contributed by atoms with E-state index in [0.717, 1.165) is 0 Å². The van der Waals surface area contributed by atoms with E-state index >= 15 is 0 Å². The molecule has 8 heteroatoms. The molecule has 7 nitrogen and oxygen atoms in total. The molecular weight excluding hydrogens is 413 g/mol. The number of imide groups is 1. The van der Waals surface area contributed by atoms with E-state index in [2.05, 4.69) is 5.10 Å². The van der Waals surface area contributed by atoms with Gasteiger partial charge in [0.25, 0.3) is 5.91 Å². The van der Waals surface area contributed by atoms with Gasteiger partial charge in [0.2, 0.25) is 5.91 Å². The number of carbonyl (C=O) groups is 3. The maximum Gasteiger partial charge on any atom is 0.343 e. The number of carbonyl (C=O) groups excluding carboxylic acids is 3. The lowest BCUT2D eigenvalue weighted by Crippen LogP contribution is -2.45. The van der Waals surface area contributed by atoms with E-state index in [-0.39, 0.29) is 42.2 Å². The molecule has 0 unspecified atom stereocenters. The summed E-state index contributed by atoms with van der Waals surface area (Å²) in [6.07, 6.45) is 0.263. The number of ether oxygens (including phenoxy) is 1. The zero-order valence-electron chi connectivity index (χ0n) is 13.7. The highest BCUT2D eigenvalue weighted by Gasteiger charge is 2.37. The Morgan fingerprint density at radius 2 is 1.96 bits per heavy atom. The Bertz CT molecular complexity index is 660. The molecule has 1 aromatic rings. The predicted octanol–water partition coefficient (Wildman–Crippen LogP) is 2.08. The Kier molecular flexibility index (Phi) is 5.12. The standard InChI is InChI=1S/C15H20IN3O4/c1-5-23-14(22)10-11-13(21)18(9(20)8-15(2,3)4)6-7-19(11)17-12(10)16/h5-8H2,1-4H3. The van der Waals surface area contributed by atoms with Crippen LogP contribution < -0.4 is 0 Å². The molecule has 0 saturated heterocycles. The maximum atomic E-state index is 12.7. The first kappa shape index (κ1) is 17.9. The highest BCUT2D eigenvalue weighted by Crippen LogP contribution is 2.25. The molecule has 23 heavy (non-hydrogen) atoms. The fourth-order valence-electron chi connectivity index (χ4n) is 2.41. The molecule has 2 amide bonds. The number of esters is 1. The molecule has 2 heterocycles. The van der Waals surface area contributed by atoms with Gasteiger partial charge in [0.15, 0.2) is 0 Å². The largest absolute Gasteiger partial charge is 0.462 e. The highest BCUT2D eigenvalue weighted by atomic mass is 127. The van der Waals surface area contributed by atoms with Gasteiger partial charge in [-0.1, -0.05) is 20.8 Å². The lowest BCUT2D eigenvalue weighted by molar-refractivity contribution is -0.130. The first-order valence-corrected chi connectivity index (χ1v) is 8.51. The molecule has 0 radical (unpaired) electrons. The highest BCUT2D eigenvalue weighted by molar-refractivity contribution is 14.1. The lowest BCUT2D eigenvalue weighted by atomic mass is 9.91. The summed E-state index contributed by atoms with van der Waals surface area (Å²) in [5, 5.41) is 4.22. The fraction of sp³-hybridized carbons (Fsp3) is 0.600. The van der Waals surface area contributed by atoms with E-state index in [1.807, 2.05) is 43.4 Å². The smallest absolute Gasteiger partial charge is 0.343 e. The van der Waals surface area contributed by atoms with Gasteiger partial charge in [-0.15, -0.1) is 0 Å². The number of rotatable bonds is 3. The van der Waals surface area contributed by atoms with E-state index in [1.165, 1.54) is 9.58 Å². The van der Waals surface area contributed by atoms with Crippen molar-refractivity contribution >= 4 is 40.4 Å². The average Bonchev–Trinajstić information content (AvgIpc) is 2.74. The van der Waals surface area contributed by atoms with Crippen molar-refractivity contribution in [1.82, 2.24) is 14.7 Å². The van der Waals surface area contributed by atoms with Crippen LogP contribution >= 0.6 is 22.6 Å². The van der Waals surface area contributed by atoms with Gasteiger partial charge in [0, 0.05) is 13.0 Å². The number of halogens is 1. The normalized spacial score (nSPS) is 14.7. The van der Waals surface area contributed by atoms with Crippen LogP contribution in [0.2, 0.25) is 0 Å². The van der Waals surface area contributed by atoms with Gasteiger partial charge in [-0.3, -0.25) is 19.2 Å². The molecule has 0 spiro atoms. The summed E-state index contributed by atoms with van der Waals surface area (Å²) in [5.41, 5.74) is 0.0695. The Labute approximate surface area is 148 Å². The topological polar surface area (TPSA) is 81.5 Å². The van der Waals surface area contributed by atoms with Gasteiger partial charge >= 0.3 is 5.97 Å². The Morgan fingerprint density at radius 3 is 2.52 bits per heavy atom. The second-order valence-corrected chi connectivity index (χ2v) is 7.57. The van der Waals surface area contributed by atoms with Crippen molar-refractivity contribution in [1.29, 1.82) is 0 Å². The van der Waals surface area contributed by atoms with E-state index < -0.39 is 11.9 Å². The minimum absolute atomic E-state index is 0.140. The zero-order valence-corrected chi connectivity index (χ0v) is 15.8. The minimum atomic E-state index is -0.586. The van der Waals surface area contributed by atoms with E-state index in [4.69, 9.17) is 4.74 Å². The molecule has 0 bridgehead atoms. The van der Waals surface area contributed by atoms with Gasteiger partial charge in [-0.25, -0.2) is 4.79 Å². The Hall–Kier alpha value is -1.45. The van der Waals surface area contributed by atoms with Crippen molar-refractivity contribution in [2.45, 2.75) is 40.7 Å². The van der Waals surface area contributed by atoms with Crippen LogP contribution in [0.1, 0.15) is 55.0 Å². The number of hydrogen-bond acceptors (Lipinski definition) is 5. The molecule has 0 aliphatic carbocycles. The van der Waals surface area contributed by atoms with Crippen LogP contribution in [0.5, 0.6) is 0 Å². The molecule has 2 rings (SSSR count). The van der Waals surface area contributed by atoms with Gasteiger partial charge in [-0.2, -0.15) is 5.10 Å². The molecule has 0 aromatic carbocycles. The maximum absolute atomic E-state index is 12.7. The van der Waals surface area contributed by atoms with Crippen LogP contribution in [-0.2, 0) is 16.1 Å². The number of fused-ring (bicyclic) bond motifs is 1. The van der Waals surface area contributed by atoms with Crippen molar-refractivity contribution in [2.75, 3.05) is 13.2 Å². The lowest BCUT2D eigenvalue weighted by Gasteiger charge is -2.28. The van der Waals surface area contributed by atoms with Crippen molar-refractivity contribution < 1.29 is 19.1 Å². The number of nitrogens with zero attached hydrogens (tertiary/aromatic N) is 3. The molecule has 0 N–H and O–H groups in total. The summed E-state index contributed by atoms with van der Waals surface area (Å²) in [4.78, 5) is 38.4. The third kappa shape index (κ3) is 3.73. The first-order chi connectivity index (χ1) is 10.7. The molecule has 1 aliphatic rings. The van der Waals surface area contributed by atoms with Crippen LogP contribution in [0, 0.1) is 9.12 Å². The van der Waals surface area contributed by atoms with E-state index in [1.54, 1.807) is 6.92 Å². The van der Waals surface area contributed by atoms with E-state index in [0.29, 0.717) is 10.2 Å². The molecule has 126 valence electrons. The molecule has 1 aromatic heterocycles. The number of aromatic nitrogens is 2. The number of amides is 2. The molecule has 1 aliphatic heterocycles. The molecule has 0 saturated carbocycles.